The van der Waals surface area contributed by atoms with Crippen molar-refractivity contribution in [2.45, 2.75) is 73.3 Å². The summed E-state index contributed by atoms with van der Waals surface area (Å²) in [4.78, 5) is 25.9. The van der Waals surface area contributed by atoms with Gasteiger partial charge < -0.3 is 9.64 Å². The van der Waals surface area contributed by atoms with Gasteiger partial charge in [0.05, 0.1) is 0 Å². The normalized spacial score (nSPS) is 24.7. The fourth-order valence-electron chi connectivity index (χ4n) is 3.13. The lowest BCUT2D eigenvalue weighted by Gasteiger charge is -2.41. The van der Waals surface area contributed by atoms with Crippen molar-refractivity contribution in [3.8, 4) is 0 Å². The predicted molar refractivity (Wildman–Crippen MR) is 93.4 cm³/mol. The first-order valence-electron chi connectivity index (χ1n) is 8.81. The van der Waals surface area contributed by atoms with Crippen LogP contribution in [0.1, 0.15) is 67.7 Å². The average Bonchev–Trinajstić information content (AvgIpc) is 2.43. The Balaban J connectivity index is 0.000000816. The molecule has 2 aliphatic rings. The molecule has 1 amide bonds. The first-order chi connectivity index (χ1) is 10.6. The summed E-state index contributed by atoms with van der Waals surface area (Å²) in [5, 5.41) is 0. The van der Waals surface area contributed by atoms with Crippen molar-refractivity contribution in [1.82, 2.24) is 4.90 Å². The number of fused-ring (bicyclic) bond motifs is 1. The molecule has 2 rings (SSSR count). The third-order valence-electron chi connectivity index (χ3n) is 4.26. The maximum absolute atomic E-state index is 12.2. The van der Waals surface area contributed by atoms with Crippen molar-refractivity contribution in [2.24, 2.45) is 11.8 Å². The summed E-state index contributed by atoms with van der Waals surface area (Å²) >= 11 is 0. The topological polar surface area (TPSA) is 46.6 Å². The third kappa shape index (κ3) is 5.36. The first-order valence-corrected chi connectivity index (χ1v) is 8.81. The fraction of sp³-hybridized carbons (Fsp3) is 0.789. The van der Waals surface area contributed by atoms with E-state index in [4.69, 9.17) is 4.74 Å². The van der Waals surface area contributed by atoms with Crippen LogP contribution in [0.25, 0.3) is 0 Å². The molecule has 1 heterocycles. The highest BCUT2D eigenvalue weighted by Crippen LogP contribution is 2.38. The molecule has 1 saturated heterocycles. The first kappa shape index (κ1) is 19.7. The predicted octanol–water partition coefficient (Wildman–Crippen LogP) is 4.59. The Bertz CT molecular complexity index is 473. The van der Waals surface area contributed by atoms with E-state index < -0.39 is 5.60 Å². The Morgan fingerprint density at radius 3 is 2.39 bits per heavy atom. The Morgan fingerprint density at radius 2 is 1.87 bits per heavy atom. The smallest absolute Gasteiger partial charge is 0.410 e. The molecular weight excluding hydrogens is 290 g/mol. The zero-order valence-corrected chi connectivity index (χ0v) is 15.9. The number of carbonyl (C=O) groups is 2. The number of hydrogen-bond donors (Lipinski definition) is 0. The van der Waals surface area contributed by atoms with Crippen LogP contribution >= 0.6 is 0 Å². The molecule has 132 valence electrons. The summed E-state index contributed by atoms with van der Waals surface area (Å²) < 4.78 is 5.44. The van der Waals surface area contributed by atoms with Gasteiger partial charge in [-0.1, -0.05) is 32.8 Å². The van der Waals surface area contributed by atoms with E-state index in [9.17, 15) is 9.59 Å². The Labute approximate surface area is 141 Å². The van der Waals surface area contributed by atoms with Crippen LogP contribution in [0.4, 0.5) is 4.79 Å². The van der Waals surface area contributed by atoms with Crippen molar-refractivity contribution in [1.29, 1.82) is 0 Å². The summed E-state index contributed by atoms with van der Waals surface area (Å²) in [7, 11) is 0. The van der Waals surface area contributed by atoms with Crippen molar-refractivity contribution in [2.75, 3.05) is 13.1 Å². The van der Waals surface area contributed by atoms with Gasteiger partial charge in [-0.2, -0.15) is 0 Å². The Morgan fingerprint density at radius 1 is 1.30 bits per heavy atom. The largest absolute Gasteiger partial charge is 0.444 e. The van der Waals surface area contributed by atoms with Crippen LogP contribution in [0, 0.1) is 11.8 Å². The number of hydrogen-bond acceptors (Lipinski definition) is 3. The lowest BCUT2D eigenvalue weighted by Crippen LogP contribution is -2.46. The van der Waals surface area contributed by atoms with E-state index in [1.807, 2.05) is 27.7 Å². The molecule has 23 heavy (non-hydrogen) atoms. The molecule has 2 unspecified atom stereocenters. The molecule has 1 aliphatic heterocycles. The third-order valence-corrected chi connectivity index (χ3v) is 4.26. The molecule has 0 aromatic heterocycles. The van der Waals surface area contributed by atoms with E-state index in [1.54, 1.807) is 4.90 Å². The number of nitrogens with zero attached hydrogens (tertiary/aromatic N) is 1. The molecule has 4 heteroatoms. The van der Waals surface area contributed by atoms with Crippen LogP contribution in [-0.4, -0.2) is 35.5 Å². The van der Waals surface area contributed by atoms with Gasteiger partial charge in [-0.15, -0.1) is 0 Å². The Kier molecular flexibility index (Phi) is 6.84. The minimum absolute atomic E-state index is 0.238. The lowest BCUT2D eigenvalue weighted by atomic mass is 9.72. The molecule has 1 aliphatic carbocycles. The zero-order valence-electron chi connectivity index (χ0n) is 15.9. The molecule has 0 aromatic rings. The number of ether oxygens (including phenoxy) is 1. The number of Topliss-reactive ketones (excluding diaryl/α,β-unsaturated/α-hetero) is 1. The molecule has 0 bridgehead atoms. The fourth-order valence-corrected chi connectivity index (χ4v) is 3.13. The van der Waals surface area contributed by atoms with E-state index in [0.29, 0.717) is 31.3 Å². The SMILES string of the molecule is CC1=C2CCN(C(=O)OC(C)(C)C)CC2C(C)CC1=O.CCC. The highest BCUT2D eigenvalue weighted by Gasteiger charge is 2.37. The van der Waals surface area contributed by atoms with Crippen molar-refractivity contribution >= 4 is 11.9 Å². The molecule has 0 saturated carbocycles. The minimum Gasteiger partial charge on any atom is -0.444 e. The molecule has 0 spiro atoms. The van der Waals surface area contributed by atoms with Crippen LogP contribution in [0.2, 0.25) is 0 Å². The summed E-state index contributed by atoms with van der Waals surface area (Å²) in [6, 6.07) is 0. The van der Waals surface area contributed by atoms with Crippen LogP contribution in [0.5, 0.6) is 0 Å². The van der Waals surface area contributed by atoms with Crippen LogP contribution < -0.4 is 0 Å². The summed E-state index contributed by atoms with van der Waals surface area (Å²) in [6.45, 7) is 15.3. The lowest BCUT2D eigenvalue weighted by molar-refractivity contribution is -0.117. The highest BCUT2D eigenvalue weighted by molar-refractivity contribution is 5.96. The highest BCUT2D eigenvalue weighted by atomic mass is 16.6. The number of carbonyl (C=O) groups excluding carboxylic acids is 2. The van der Waals surface area contributed by atoms with Gasteiger partial charge in [0.25, 0.3) is 0 Å². The van der Waals surface area contributed by atoms with Gasteiger partial charge >= 0.3 is 6.09 Å². The molecular formula is C19H33NO3. The molecule has 1 fully saturated rings. The van der Waals surface area contributed by atoms with E-state index in [-0.39, 0.29) is 11.9 Å². The number of rotatable bonds is 0. The summed E-state index contributed by atoms with van der Waals surface area (Å²) in [5.41, 5.74) is 1.72. The van der Waals surface area contributed by atoms with Gasteiger partial charge in [0.2, 0.25) is 0 Å². The van der Waals surface area contributed by atoms with E-state index in [1.165, 1.54) is 12.0 Å². The van der Waals surface area contributed by atoms with Crippen molar-refractivity contribution < 1.29 is 14.3 Å². The van der Waals surface area contributed by atoms with Gasteiger partial charge in [-0.05, 0) is 45.6 Å². The zero-order chi connectivity index (χ0) is 17.8. The second-order valence-electron chi connectivity index (χ2n) is 7.74. The van der Waals surface area contributed by atoms with Crippen molar-refractivity contribution in [3.63, 3.8) is 0 Å². The van der Waals surface area contributed by atoms with Gasteiger partial charge in [-0.3, -0.25) is 4.79 Å². The van der Waals surface area contributed by atoms with E-state index in [0.717, 1.165) is 12.0 Å². The number of likely N-dealkylation sites (tertiary alicyclic amines) is 1. The van der Waals surface area contributed by atoms with Crippen LogP contribution in [-0.2, 0) is 9.53 Å². The van der Waals surface area contributed by atoms with Gasteiger partial charge in [0, 0.05) is 25.4 Å². The quantitative estimate of drug-likeness (QED) is 0.655. The second-order valence-corrected chi connectivity index (χ2v) is 7.74. The molecule has 4 nitrogen and oxygen atoms in total. The Hall–Kier alpha value is -1.32. The number of ketones is 1. The van der Waals surface area contributed by atoms with Crippen LogP contribution in [0.15, 0.2) is 11.1 Å². The molecule has 0 radical (unpaired) electrons. The van der Waals surface area contributed by atoms with Gasteiger partial charge in [0.1, 0.15) is 5.60 Å². The second kappa shape index (κ2) is 7.98. The molecule has 0 aromatic carbocycles. The summed E-state index contributed by atoms with van der Waals surface area (Å²) in [5.74, 6) is 0.898. The minimum atomic E-state index is -0.461. The van der Waals surface area contributed by atoms with E-state index in [2.05, 4.69) is 20.8 Å². The maximum atomic E-state index is 12.2. The van der Waals surface area contributed by atoms with Crippen molar-refractivity contribution in [3.05, 3.63) is 11.1 Å². The number of piperidine rings is 1. The monoisotopic (exact) mass is 323 g/mol. The standard InChI is InChI=1S/C16H25NO3.C3H8/c1-10-8-14(18)11(2)12-6-7-17(9-13(10)12)15(19)20-16(3,4)5;1-3-2/h10,13H,6-9H2,1-5H3;3H2,1-2H3. The maximum Gasteiger partial charge on any atom is 0.410 e. The molecule has 2 atom stereocenters. The van der Waals surface area contributed by atoms with Gasteiger partial charge in [0.15, 0.2) is 5.78 Å². The summed E-state index contributed by atoms with van der Waals surface area (Å²) in [6.07, 6.45) is 2.41. The number of allylic oxidation sites excluding steroid dienone is 1. The molecule has 0 N–H and O–H groups in total. The number of amides is 1. The van der Waals surface area contributed by atoms with Crippen LogP contribution in [0.3, 0.4) is 0 Å². The van der Waals surface area contributed by atoms with Gasteiger partial charge in [-0.25, -0.2) is 4.79 Å². The average molecular weight is 323 g/mol. The van der Waals surface area contributed by atoms with E-state index >= 15 is 0 Å².